The Kier molecular flexibility index (Phi) is 9.56. The van der Waals surface area contributed by atoms with Gasteiger partial charge in [-0.25, -0.2) is 0 Å². The highest BCUT2D eigenvalue weighted by Crippen LogP contribution is 2.17. The van der Waals surface area contributed by atoms with E-state index < -0.39 is 0 Å². The fraction of sp³-hybridized carbons (Fsp3) is 0.833. The predicted octanol–water partition coefficient (Wildman–Crippen LogP) is 3.50. The van der Waals surface area contributed by atoms with Gasteiger partial charge in [0.15, 0.2) is 0 Å². The Balaban J connectivity index is 3.34. The van der Waals surface area contributed by atoms with E-state index in [1.165, 1.54) is 38.5 Å². The number of hydrogen-bond donors (Lipinski definition) is 1. The number of nitrogens with two attached hydrogens (primary N) is 1. The molecule has 0 aliphatic heterocycles. The fourth-order valence-electron chi connectivity index (χ4n) is 1.59. The first-order chi connectivity index (χ1) is 6.35. The third-order valence-corrected chi connectivity index (χ3v) is 2.54. The van der Waals surface area contributed by atoms with Crippen LogP contribution in [-0.2, 0) is 0 Å². The van der Waals surface area contributed by atoms with E-state index >= 15 is 0 Å². The minimum Gasteiger partial charge on any atom is -0.330 e. The summed E-state index contributed by atoms with van der Waals surface area (Å²) in [6.07, 6.45) is 11.2. The highest BCUT2D eigenvalue weighted by Gasteiger charge is 2.02. The van der Waals surface area contributed by atoms with Crippen LogP contribution in [-0.4, -0.2) is 6.54 Å². The summed E-state index contributed by atoms with van der Waals surface area (Å²) in [6.45, 7) is 6.97. The van der Waals surface area contributed by atoms with Crippen molar-refractivity contribution in [3.8, 4) is 0 Å². The second-order valence-corrected chi connectivity index (χ2v) is 3.78. The molecule has 2 N–H and O–H groups in total. The molecule has 0 radical (unpaired) electrons. The number of hydrogen-bond acceptors (Lipinski definition) is 1. The van der Waals surface area contributed by atoms with E-state index in [4.69, 9.17) is 5.73 Å². The van der Waals surface area contributed by atoms with E-state index in [0.29, 0.717) is 0 Å². The quantitative estimate of drug-likeness (QED) is 0.430. The van der Waals surface area contributed by atoms with Gasteiger partial charge in [0, 0.05) is 0 Å². The number of rotatable bonds is 9. The van der Waals surface area contributed by atoms with Crippen molar-refractivity contribution in [3.05, 3.63) is 12.7 Å². The van der Waals surface area contributed by atoms with Crippen LogP contribution in [0.15, 0.2) is 12.7 Å². The van der Waals surface area contributed by atoms with Crippen molar-refractivity contribution < 1.29 is 0 Å². The lowest BCUT2D eigenvalue weighted by Crippen LogP contribution is -2.01. The summed E-state index contributed by atoms with van der Waals surface area (Å²) in [5, 5.41) is 0. The Morgan fingerprint density at radius 2 is 1.77 bits per heavy atom. The van der Waals surface area contributed by atoms with Crippen molar-refractivity contribution in [2.75, 3.05) is 6.54 Å². The van der Waals surface area contributed by atoms with Gasteiger partial charge in [0.2, 0.25) is 0 Å². The maximum atomic E-state index is 5.45. The third kappa shape index (κ3) is 8.04. The summed E-state index contributed by atoms with van der Waals surface area (Å²) in [6, 6.07) is 0. The summed E-state index contributed by atoms with van der Waals surface area (Å²) in [7, 11) is 0. The van der Waals surface area contributed by atoms with Gasteiger partial charge in [-0.2, -0.15) is 0 Å². The van der Waals surface area contributed by atoms with Crippen LogP contribution in [0.5, 0.6) is 0 Å². The molecule has 0 amide bonds. The molecular formula is C12H25N. The van der Waals surface area contributed by atoms with Crippen molar-refractivity contribution in [2.24, 2.45) is 11.7 Å². The Morgan fingerprint density at radius 1 is 1.15 bits per heavy atom. The van der Waals surface area contributed by atoms with Crippen LogP contribution < -0.4 is 5.73 Å². The first-order valence-electron chi connectivity index (χ1n) is 5.67. The molecule has 1 heteroatoms. The van der Waals surface area contributed by atoms with E-state index in [1.807, 2.05) is 0 Å². The van der Waals surface area contributed by atoms with E-state index in [9.17, 15) is 0 Å². The van der Waals surface area contributed by atoms with Gasteiger partial charge in [0.1, 0.15) is 0 Å². The lowest BCUT2D eigenvalue weighted by molar-refractivity contribution is 0.485. The average molecular weight is 183 g/mol. The van der Waals surface area contributed by atoms with Crippen LogP contribution in [0, 0.1) is 5.92 Å². The molecule has 0 spiro atoms. The monoisotopic (exact) mass is 183 g/mol. The van der Waals surface area contributed by atoms with Crippen molar-refractivity contribution in [2.45, 2.75) is 51.9 Å². The maximum Gasteiger partial charge on any atom is -0.00773 e. The van der Waals surface area contributed by atoms with Crippen LogP contribution in [0.2, 0.25) is 0 Å². The molecule has 0 bridgehead atoms. The van der Waals surface area contributed by atoms with Crippen LogP contribution in [0.4, 0.5) is 0 Å². The molecule has 1 atom stereocenters. The summed E-state index contributed by atoms with van der Waals surface area (Å²) < 4.78 is 0. The van der Waals surface area contributed by atoms with Gasteiger partial charge in [-0.3, -0.25) is 0 Å². The first-order valence-corrected chi connectivity index (χ1v) is 5.67. The van der Waals surface area contributed by atoms with Crippen molar-refractivity contribution in [1.82, 2.24) is 0 Å². The van der Waals surface area contributed by atoms with E-state index in [1.54, 1.807) is 0 Å². The molecule has 0 fully saturated rings. The largest absolute Gasteiger partial charge is 0.330 e. The topological polar surface area (TPSA) is 26.0 Å². The van der Waals surface area contributed by atoms with Gasteiger partial charge in [-0.05, 0) is 31.7 Å². The molecule has 13 heavy (non-hydrogen) atoms. The standard InChI is InChI=1S/C12H25N/c1-3-5-6-9-12(4-2)10-7-8-11-13/h4,12H,2-3,5-11,13H2,1H3. The molecule has 0 saturated carbocycles. The molecule has 78 valence electrons. The van der Waals surface area contributed by atoms with Crippen LogP contribution >= 0.6 is 0 Å². The second-order valence-electron chi connectivity index (χ2n) is 3.78. The molecule has 0 aliphatic rings. The SMILES string of the molecule is C=CC(CCCCC)CCCCN. The smallest absolute Gasteiger partial charge is 0.00773 e. The van der Waals surface area contributed by atoms with Crippen molar-refractivity contribution >= 4 is 0 Å². The number of allylic oxidation sites excluding steroid dienone is 1. The zero-order valence-corrected chi connectivity index (χ0v) is 9.10. The van der Waals surface area contributed by atoms with Gasteiger partial charge in [0.05, 0.1) is 0 Å². The summed E-state index contributed by atoms with van der Waals surface area (Å²) in [5.74, 6) is 0.734. The van der Waals surface area contributed by atoms with Crippen molar-refractivity contribution in [1.29, 1.82) is 0 Å². The summed E-state index contributed by atoms with van der Waals surface area (Å²) in [4.78, 5) is 0. The Labute approximate surface area is 83.4 Å². The minimum absolute atomic E-state index is 0.734. The molecule has 0 aromatic carbocycles. The van der Waals surface area contributed by atoms with Crippen molar-refractivity contribution in [3.63, 3.8) is 0 Å². The van der Waals surface area contributed by atoms with Gasteiger partial charge in [-0.15, -0.1) is 6.58 Å². The van der Waals surface area contributed by atoms with Crippen LogP contribution in [0.1, 0.15) is 51.9 Å². The van der Waals surface area contributed by atoms with Gasteiger partial charge in [0.25, 0.3) is 0 Å². The van der Waals surface area contributed by atoms with Gasteiger partial charge < -0.3 is 5.73 Å². The molecule has 0 aromatic heterocycles. The molecule has 1 unspecified atom stereocenters. The van der Waals surface area contributed by atoms with E-state index in [-0.39, 0.29) is 0 Å². The molecule has 0 rings (SSSR count). The Hall–Kier alpha value is -0.300. The lowest BCUT2D eigenvalue weighted by Gasteiger charge is -2.11. The lowest BCUT2D eigenvalue weighted by atomic mass is 9.96. The molecule has 0 saturated heterocycles. The minimum atomic E-state index is 0.734. The van der Waals surface area contributed by atoms with E-state index in [0.717, 1.165) is 18.9 Å². The highest BCUT2D eigenvalue weighted by molar-refractivity contribution is 4.78. The predicted molar refractivity (Wildman–Crippen MR) is 60.7 cm³/mol. The Morgan fingerprint density at radius 3 is 2.23 bits per heavy atom. The zero-order chi connectivity index (χ0) is 9.94. The molecule has 0 aliphatic carbocycles. The average Bonchev–Trinajstić information content (AvgIpc) is 2.16. The zero-order valence-electron chi connectivity index (χ0n) is 9.10. The fourth-order valence-corrected chi connectivity index (χ4v) is 1.59. The second kappa shape index (κ2) is 9.79. The molecule has 0 heterocycles. The first kappa shape index (κ1) is 12.7. The normalized spacial score (nSPS) is 12.8. The van der Waals surface area contributed by atoms with Crippen LogP contribution in [0.25, 0.3) is 0 Å². The molecule has 0 aromatic rings. The van der Waals surface area contributed by atoms with Gasteiger partial charge >= 0.3 is 0 Å². The molecular weight excluding hydrogens is 158 g/mol. The van der Waals surface area contributed by atoms with E-state index in [2.05, 4.69) is 19.6 Å². The van der Waals surface area contributed by atoms with Crippen LogP contribution in [0.3, 0.4) is 0 Å². The molecule has 1 nitrogen and oxygen atoms in total. The number of unbranched alkanes of at least 4 members (excludes halogenated alkanes) is 3. The third-order valence-electron chi connectivity index (χ3n) is 2.54. The highest BCUT2D eigenvalue weighted by atomic mass is 14.5. The van der Waals surface area contributed by atoms with Gasteiger partial charge in [-0.1, -0.05) is 38.7 Å². The summed E-state index contributed by atoms with van der Waals surface area (Å²) in [5.41, 5.74) is 5.45. The Bertz CT molecular complexity index is 99.7. The summed E-state index contributed by atoms with van der Waals surface area (Å²) >= 11 is 0. The maximum absolute atomic E-state index is 5.45.